The van der Waals surface area contributed by atoms with Crippen LogP contribution in [0, 0.1) is 0 Å². The van der Waals surface area contributed by atoms with Crippen LogP contribution in [0.4, 0.5) is 9.59 Å². The summed E-state index contributed by atoms with van der Waals surface area (Å²) in [5.41, 5.74) is -0.0311. The normalized spacial score (nSPS) is 12.6. The standard InChI is InChI=1S/C19H26N2O6/c1-13(20-17(23)26-12-14-9-7-6-8-10-14)11-15(16(22)25-5)21-18(24)27-19(2,3)4/h6-11,13H,12H2,1-5H3,(H,20,23)(H,21,24)/b15-11-/t13-/m0/s1. The van der Waals surface area contributed by atoms with Gasteiger partial charge in [0.25, 0.3) is 0 Å². The Kier molecular flexibility index (Phi) is 8.32. The number of methoxy groups -OCH3 is 1. The lowest BCUT2D eigenvalue weighted by atomic mass is 10.2. The monoisotopic (exact) mass is 378 g/mol. The summed E-state index contributed by atoms with van der Waals surface area (Å²) < 4.78 is 14.8. The minimum Gasteiger partial charge on any atom is -0.464 e. The first kappa shape index (κ1) is 22.0. The summed E-state index contributed by atoms with van der Waals surface area (Å²) in [6, 6.07) is 8.59. The van der Waals surface area contributed by atoms with Crippen molar-refractivity contribution < 1.29 is 28.6 Å². The van der Waals surface area contributed by atoms with E-state index in [1.807, 2.05) is 30.3 Å². The van der Waals surface area contributed by atoms with Gasteiger partial charge in [-0.05, 0) is 39.3 Å². The molecule has 1 rings (SSSR count). The van der Waals surface area contributed by atoms with E-state index in [0.29, 0.717) is 0 Å². The van der Waals surface area contributed by atoms with Gasteiger partial charge in [0.2, 0.25) is 0 Å². The number of nitrogens with one attached hydrogen (secondary N) is 2. The molecule has 8 heteroatoms. The van der Waals surface area contributed by atoms with Gasteiger partial charge in [-0.1, -0.05) is 30.3 Å². The number of hydrogen-bond acceptors (Lipinski definition) is 6. The third-order valence-electron chi connectivity index (χ3n) is 3.02. The number of alkyl carbamates (subject to hydrolysis) is 2. The molecule has 0 radical (unpaired) electrons. The SMILES string of the molecule is COC(=O)/C(=C/[C@H](C)NC(=O)OCc1ccccc1)NC(=O)OC(C)(C)C. The van der Waals surface area contributed by atoms with Gasteiger partial charge in [0.15, 0.2) is 0 Å². The highest BCUT2D eigenvalue weighted by molar-refractivity contribution is 5.92. The largest absolute Gasteiger partial charge is 0.464 e. The molecule has 2 amide bonds. The van der Waals surface area contributed by atoms with Crippen LogP contribution < -0.4 is 10.6 Å². The Morgan fingerprint density at radius 2 is 1.74 bits per heavy atom. The van der Waals surface area contributed by atoms with Crippen molar-refractivity contribution in [2.24, 2.45) is 0 Å². The molecule has 27 heavy (non-hydrogen) atoms. The molecule has 148 valence electrons. The van der Waals surface area contributed by atoms with Crippen molar-refractivity contribution in [2.45, 2.75) is 45.9 Å². The number of ether oxygens (including phenoxy) is 3. The summed E-state index contributed by atoms with van der Waals surface area (Å²) in [5, 5.41) is 4.86. The molecule has 8 nitrogen and oxygen atoms in total. The van der Waals surface area contributed by atoms with Crippen molar-refractivity contribution in [3.63, 3.8) is 0 Å². The third-order valence-corrected chi connectivity index (χ3v) is 3.02. The van der Waals surface area contributed by atoms with Crippen LogP contribution in [0.2, 0.25) is 0 Å². The lowest BCUT2D eigenvalue weighted by Crippen LogP contribution is -2.37. The smallest absolute Gasteiger partial charge is 0.412 e. The molecule has 1 atom stereocenters. The molecule has 2 N–H and O–H groups in total. The Bertz CT molecular complexity index is 679. The molecule has 0 bridgehead atoms. The summed E-state index contributed by atoms with van der Waals surface area (Å²) in [5.74, 6) is -0.771. The van der Waals surface area contributed by atoms with Crippen LogP contribution >= 0.6 is 0 Å². The van der Waals surface area contributed by atoms with Gasteiger partial charge < -0.3 is 19.5 Å². The number of benzene rings is 1. The molecule has 0 aliphatic carbocycles. The van der Waals surface area contributed by atoms with E-state index in [4.69, 9.17) is 9.47 Å². The Hall–Kier alpha value is -3.03. The van der Waals surface area contributed by atoms with Crippen molar-refractivity contribution in [1.82, 2.24) is 10.6 Å². The van der Waals surface area contributed by atoms with Gasteiger partial charge in [-0.3, -0.25) is 5.32 Å². The summed E-state index contributed by atoms with van der Waals surface area (Å²) in [6.45, 7) is 6.82. The predicted octanol–water partition coefficient (Wildman–Crippen LogP) is 2.88. The Labute approximate surface area is 158 Å². The molecule has 1 aromatic rings. The highest BCUT2D eigenvalue weighted by atomic mass is 16.6. The first-order valence-corrected chi connectivity index (χ1v) is 8.38. The van der Waals surface area contributed by atoms with Crippen LogP contribution in [0.5, 0.6) is 0 Å². The Balaban J connectivity index is 2.65. The van der Waals surface area contributed by atoms with Crippen molar-refractivity contribution in [1.29, 1.82) is 0 Å². The van der Waals surface area contributed by atoms with E-state index in [2.05, 4.69) is 15.4 Å². The van der Waals surface area contributed by atoms with Gasteiger partial charge in [-0.15, -0.1) is 0 Å². The predicted molar refractivity (Wildman–Crippen MR) is 98.7 cm³/mol. The van der Waals surface area contributed by atoms with Crippen molar-refractivity contribution in [2.75, 3.05) is 7.11 Å². The summed E-state index contributed by atoms with van der Waals surface area (Å²) in [7, 11) is 1.18. The van der Waals surface area contributed by atoms with Crippen LogP contribution in [0.3, 0.4) is 0 Å². The van der Waals surface area contributed by atoms with Gasteiger partial charge in [-0.25, -0.2) is 14.4 Å². The fourth-order valence-electron chi connectivity index (χ4n) is 1.93. The molecule has 0 aromatic heterocycles. The number of hydrogen-bond donors (Lipinski definition) is 2. The van der Waals surface area contributed by atoms with Crippen molar-refractivity contribution in [3.8, 4) is 0 Å². The molecule has 0 aliphatic rings. The molecule has 0 unspecified atom stereocenters. The van der Waals surface area contributed by atoms with Crippen molar-refractivity contribution in [3.05, 3.63) is 47.7 Å². The van der Waals surface area contributed by atoms with Gasteiger partial charge in [0.1, 0.15) is 17.9 Å². The average molecular weight is 378 g/mol. The van der Waals surface area contributed by atoms with E-state index in [1.54, 1.807) is 27.7 Å². The van der Waals surface area contributed by atoms with Crippen LogP contribution in [-0.4, -0.2) is 36.9 Å². The molecule has 0 heterocycles. The van der Waals surface area contributed by atoms with E-state index in [-0.39, 0.29) is 12.3 Å². The molecule has 0 spiro atoms. The Morgan fingerprint density at radius 1 is 1.11 bits per heavy atom. The maximum absolute atomic E-state index is 11.9. The van der Waals surface area contributed by atoms with Gasteiger partial charge in [0, 0.05) is 0 Å². The maximum Gasteiger partial charge on any atom is 0.412 e. The second-order valence-electron chi connectivity index (χ2n) is 6.69. The minimum absolute atomic E-state index is 0.114. The maximum atomic E-state index is 11.9. The number of esters is 1. The van der Waals surface area contributed by atoms with E-state index in [0.717, 1.165) is 5.56 Å². The molecule has 0 saturated heterocycles. The second kappa shape index (κ2) is 10.2. The second-order valence-corrected chi connectivity index (χ2v) is 6.69. The zero-order chi connectivity index (χ0) is 20.4. The third kappa shape index (κ3) is 9.29. The summed E-state index contributed by atoms with van der Waals surface area (Å²) in [4.78, 5) is 35.6. The molecule has 1 aromatic carbocycles. The number of amides is 2. The van der Waals surface area contributed by atoms with E-state index in [1.165, 1.54) is 13.2 Å². The highest BCUT2D eigenvalue weighted by Crippen LogP contribution is 2.08. The molecular formula is C19H26N2O6. The summed E-state index contributed by atoms with van der Waals surface area (Å²) in [6.07, 6.45) is -0.137. The molecule has 0 fully saturated rings. The molecule has 0 aliphatic heterocycles. The Morgan fingerprint density at radius 3 is 2.30 bits per heavy atom. The number of carbonyl (C=O) groups is 3. The van der Waals surface area contributed by atoms with Gasteiger partial charge >= 0.3 is 18.2 Å². The highest BCUT2D eigenvalue weighted by Gasteiger charge is 2.21. The quantitative estimate of drug-likeness (QED) is 0.448. The van der Waals surface area contributed by atoms with Gasteiger partial charge in [-0.2, -0.15) is 0 Å². The first-order valence-electron chi connectivity index (χ1n) is 8.38. The number of carbonyl (C=O) groups excluding carboxylic acids is 3. The minimum atomic E-state index is -0.807. The number of rotatable bonds is 6. The van der Waals surface area contributed by atoms with E-state index >= 15 is 0 Å². The molecular weight excluding hydrogens is 352 g/mol. The van der Waals surface area contributed by atoms with Crippen LogP contribution in [0.1, 0.15) is 33.3 Å². The zero-order valence-corrected chi connectivity index (χ0v) is 16.2. The topological polar surface area (TPSA) is 103 Å². The fraction of sp³-hybridized carbons (Fsp3) is 0.421. The van der Waals surface area contributed by atoms with E-state index < -0.39 is 29.8 Å². The molecule has 0 saturated carbocycles. The van der Waals surface area contributed by atoms with Crippen LogP contribution in [0.15, 0.2) is 42.1 Å². The van der Waals surface area contributed by atoms with Crippen LogP contribution in [0.25, 0.3) is 0 Å². The lowest BCUT2D eigenvalue weighted by molar-refractivity contribution is -0.136. The van der Waals surface area contributed by atoms with Crippen LogP contribution in [-0.2, 0) is 25.6 Å². The first-order chi connectivity index (χ1) is 12.6. The fourth-order valence-corrected chi connectivity index (χ4v) is 1.93. The van der Waals surface area contributed by atoms with Gasteiger partial charge in [0.05, 0.1) is 13.2 Å². The van der Waals surface area contributed by atoms with E-state index in [9.17, 15) is 14.4 Å². The lowest BCUT2D eigenvalue weighted by Gasteiger charge is -2.20. The average Bonchev–Trinajstić information content (AvgIpc) is 2.57. The van der Waals surface area contributed by atoms with Crippen molar-refractivity contribution >= 4 is 18.2 Å². The summed E-state index contributed by atoms with van der Waals surface area (Å²) >= 11 is 0. The zero-order valence-electron chi connectivity index (χ0n) is 16.2.